The van der Waals surface area contributed by atoms with Crippen LogP contribution in [-0.2, 0) is 9.53 Å². The highest BCUT2D eigenvalue weighted by Crippen LogP contribution is 2.16. The number of methoxy groups -OCH3 is 1. The summed E-state index contributed by atoms with van der Waals surface area (Å²) in [5.41, 5.74) is 0.586. The molecule has 0 aliphatic heterocycles. The van der Waals surface area contributed by atoms with E-state index in [4.69, 9.17) is 9.47 Å². The van der Waals surface area contributed by atoms with Gasteiger partial charge in [-0.05, 0) is 65.2 Å². The third-order valence-electron chi connectivity index (χ3n) is 3.89. The van der Waals surface area contributed by atoms with Crippen molar-refractivity contribution in [1.82, 2.24) is 9.80 Å². The summed E-state index contributed by atoms with van der Waals surface area (Å²) in [7, 11) is 5.36. The second kappa shape index (κ2) is 10.8. The molecule has 0 N–H and O–H groups in total. The van der Waals surface area contributed by atoms with Crippen molar-refractivity contribution < 1.29 is 19.1 Å². The van der Waals surface area contributed by atoms with E-state index in [1.165, 1.54) is 7.11 Å². The molecule has 26 heavy (non-hydrogen) atoms. The van der Waals surface area contributed by atoms with E-state index in [0.29, 0.717) is 18.7 Å². The second-order valence-corrected chi connectivity index (χ2v) is 7.02. The molecule has 0 radical (unpaired) electrons. The van der Waals surface area contributed by atoms with Crippen molar-refractivity contribution in [3.8, 4) is 5.75 Å². The Labute approximate surface area is 157 Å². The van der Waals surface area contributed by atoms with Crippen LogP contribution in [0.1, 0.15) is 37.6 Å². The van der Waals surface area contributed by atoms with Crippen LogP contribution < -0.4 is 4.74 Å². The van der Waals surface area contributed by atoms with Crippen molar-refractivity contribution in [2.45, 2.75) is 33.3 Å². The fraction of sp³-hybridized carbons (Fsp3) is 0.600. The van der Waals surface area contributed by atoms with Crippen molar-refractivity contribution >= 4 is 11.9 Å². The summed E-state index contributed by atoms with van der Waals surface area (Å²) in [4.78, 5) is 28.5. The summed E-state index contributed by atoms with van der Waals surface area (Å²) in [6, 6.07) is 7.13. The van der Waals surface area contributed by atoms with Crippen LogP contribution in [-0.4, -0.2) is 68.6 Å². The minimum atomic E-state index is -0.369. The average molecular weight is 364 g/mol. The highest BCUT2D eigenvalue weighted by Gasteiger charge is 2.22. The predicted octanol–water partition coefficient (Wildman–Crippen LogP) is 2.68. The van der Waals surface area contributed by atoms with E-state index in [1.54, 1.807) is 36.1 Å². The number of esters is 1. The number of ether oxygens (including phenoxy) is 2. The molecule has 1 unspecified atom stereocenters. The molecule has 0 bridgehead atoms. The molecule has 146 valence electrons. The Kier molecular flexibility index (Phi) is 9.13. The lowest BCUT2D eigenvalue weighted by atomic mass is 10.1. The minimum absolute atomic E-state index is 0.0833. The molecule has 1 atom stereocenters. The Hall–Kier alpha value is -2.08. The largest absolute Gasteiger partial charge is 0.491 e. The molecular weight excluding hydrogens is 332 g/mol. The average Bonchev–Trinajstić information content (AvgIpc) is 2.59. The number of nitrogens with zero attached hydrogens (tertiary/aromatic N) is 2. The summed E-state index contributed by atoms with van der Waals surface area (Å²) < 4.78 is 10.4. The van der Waals surface area contributed by atoms with Gasteiger partial charge in [0.15, 0.2) is 0 Å². The lowest BCUT2D eigenvalue weighted by molar-refractivity contribution is -0.145. The van der Waals surface area contributed by atoms with Crippen LogP contribution in [0, 0.1) is 5.92 Å². The zero-order valence-electron chi connectivity index (χ0n) is 16.8. The number of carbonyl (C=O) groups excluding carboxylic acids is 2. The number of hydrogen-bond acceptors (Lipinski definition) is 5. The maximum atomic E-state index is 12.9. The van der Waals surface area contributed by atoms with E-state index < -0.39 is 0 Å². The van der Waals surface area contributed by atoms with Gasteiger partial charge in [-0.25, -0.2) is 0 Å². The van der Waals surface area contributed by atoms with E-state index in [2.05, 4.69) is 4.90 Å². The third kappa shape index (κ3) is 7.44. The van der Waals surface area contributed by atoms with E-state index in [-0.39, 0.29) is 23.9 Å². The Morgan fingerprint density at radius 2 is 1.65 bits per heavy atom. The van der Waals surface area contributed by atoms with Gasteiger partial charge in [0.1, 0.15) is 5.75 Å². The Bertz CT molecular complexity index is 570. The van der Waals surface area contributed by atoms with Gasteiger partial charge in [-0.3, -0.25) is 9.59 Å². The Morgan fingerprint density at radius 1 is 1.04 bits per heavy atom. The standard InChI is InChI=1S/C20H32N2O4/c1-15(2)26-18-10-8-17(9-11-18)19(23)22(13-7-12-21(4)5)14-16(3)20(24)25-6/h8-11,15-16H,7,12-14H2,1-6H3. The van der Waals surface area contributed by atoms with Crippen LogP contribution in [0.3, 0.4) is 0 Å². The maximum absolute atomic E-state index is 12.9. The number of benzene rings is 1. The van der Waals surface area contributed by atoms with E-state index in [0.717, 1.165) is 18.7 Å². The van der Waals surface area contributed by atoms with Gasteiger partial charge in [0, 0.05) is 18.7 Å². The molecule has 0 aliphatic carbocycles. The number of carbonyl (C=O) groups is 2. The van der Waals surface area contributed by atoms with E-state index >= 15 is 0 Å². The first-order valence-corrected chi connectivity index (χ1v) is 9.03. The number of rotatable bonds is 10. The molecule has 0 fully saturated rings. The summed E-state index contributed by atoms with van der Waals surface area (Å²) in [5.74, 6) is -0.0304. The Morgan fingerprint density at radius 3 is 2.15 bits per heavy atom. The monoisotopic (exact) mass is 364 g/mol. The van der Waals surface area contributed by atoms with Crippen LogP contribution in [0.15, 0.2) is 24.3 Å². The van der Waals surface area contributed by atoms with Crippen LogP contribution in [0.2, 0.25) is 0 Å². The lowest BCUT2D eigenvalue weighted by Crippen LogP contribution is -2.38. The topological polar surface area (TPSA) is 59.1 Å². The van der Waals surface area contributed by atoms with Gasteiger partial charge in [-0.1, -0.05) is 6.92 Å². The minimum Gasteiger partial charge on any atom is -0.491 e. The third-order valence-corrected chi connectivity index (χ3v) is 3.89. The summed E-state index contributed by atoms with van der Waals surface area (Å²) >= 11 is 0. The van der Waals surface area contributed by atoms with Crippen LogP contribution >= 0.6 is 0 Å². The highest BCUT2D eigenvalue weighted by molar-refractivity contribution is 5.94. The predicted molar refractivity (Wildman–Crippen MR) is 102 cm³/mol. The molecule has 6 nitrogen and oxygen atoms in total. The van der Waals surface area contributed by atoms with E-state index in [1.807, 2.05) is 27.9 Å². The first kappa shape index (κ1) is 22.0. The van der Waals surface area contributed by atoms with Crippen molar-refractivity contribution in [3.63, 3.8) is 0 Å². The second-order valence-electron chi connectivity index (χ2n) is 7.02. The molecule has 0 heterocycles. The molecule has 0 spiro atoms. The van der Waals surface area contributed by atoms with Crippen molar-refractivity contribution in [2.24, 2.45) is 5.92 Å². The van der Waals surface area contributed by atoms with Gasteiger partial charge in [0.2, 0.25) is 0 Å². The molecule has 1 aromatic carbocycles. The summed E-state index contributed by atoms with van der Waals surface area (Å²) in [5, 5.41) is 0. The van der Waals surface area contributed by atoms with Crippen LogP contribution in [0.4, 0.5) is 0 Å². The molecule has 1 aromatic rings. The lowest BCUT2D eigenvalue weighted by Gasteiger charge is -2.26. The normalized spacial score (nSPS) is 12.2. The fourth-order valence-corrected chi connectivity index (χ4v) is 2.59. The molecule has 0 saturated heterocycles. The van der Waals surface area contributed by atoms with Gasteiger partial charge in [-0.15, -0.1) is 0 Å². The fourth-order valence-electron chi connectivity index (χ4n) is 2.59. The number of hydrogen-bond donors (Lipinski definition) is 0. The van der Waals surface area contributed by atoms with Gasteiger partial charge < -0.3 is 19.3 Å². The van der Waals surface area contributed by atoms with Gasteiger partial charge in [0.05, 0.1) is 19.1 Å². The molecule has 0 aliphatic rings. The number of amides is 1. The first-order chi connectivity index (χ1) is 12.2. The van der Waals surface area contributed by atoms with Gasteiger partial charge in [-0.2, -0.15) is 0 Å². The van der Waals surface area contributed by atoms with Crippen LogP contribution in [0.5, 0.6) is 5.75 Å². The summed E-state index contributed by atoms with van der Waals surface area (Å²) in [6.07, 6.45) is 0.918. The molecule has 6 heteroatoms. The van der Waals surface area contributed by atoms with Gasteiger partial charge in [0.25, 0.3) is 5.91 Å². The quantitative estimate of drug-likeness (QED) is 0.598. The molecule has 1 rings (SSSR count). The molecule has 1 amide bonds. The maximum Gasteiger partial charge on any atom is 0.310 e. The molecular formula is C20H32N2O4. The van der Waals surface area contributed by atoms with Crippen LogP contribution in [0.25, 0.3) is 0 Å². The van der Waals surface area contributed by atoms with E-state index in [9.17, 15) is 9.59 Å². The Balaban J connectivity index is 2.85. The smallest absolute Gasteiger partial charge is 0.310 e. The SMILES string of the molecule is COC(=O)C(C)CN(CCCN(C)C)C(=O)c1ccc(OC(C)C)cc1. The molecule has 0 saturated carbocycles. The van der Waals surface area contributed by atoms with Gasteiger partial charge >= 0.3 is 5.97 Å². The van der Waals surface area contributed by atoms with Crippen molar-refractivity contribution in [1.29, 1.82) is 0 Å². The highest BCUT2D eigenvalue weighted by atomic mass is 16.5. The van der Waals surface area contributed by atoms with Crippen molar-refractivity contribution in [3.05, 3.63) is 29.8 Å². The first-order valence-electron chi connectivity index (χ1n) is 9.03. The zero-order valence-corrected chi connectivity index (χ0v) is 16.8. The molecule has 0 aromatic heterocycles. The summed E-state index contributed by atoms with van der Waals surface area (Å²) in [6.45, 7) is 7.49. The van der Waals surface area contributed by atoms with Crippen molar-refractivity contribution in [2.75, 3.05) is 40.8 Å². The zero-order chi connectivity index (χ0) is 19.7.